The molecule has 0 aromatic heterocycles. The number of esters is 1. The number of nitrogens with zero attached hydrogens (tertiary/aromatic N) is 1. The van der Waals surface area contributed by atoms with Gasteiger partial charge in [-0.15, -0.1) is 0 Å². The largest absolute Gasteiger partial charge is 0.462 e. The Morgan fingerprint density at radius 1 is 1.00 bits per heavy atom. The van der Waals surface area contributed by atoms with Crippen LogP contribution in [-0.2, 0) is 9.53 Å². The summed E-state index contributed by atoms with van der Waals surface area (Å²) in [5.41, 5.74) is -1.45. The highest BCUT2D eigenvalue weighted by Gasteiger charge is 2.37. The zero-order chi connectivity index (χ0) is 22.9. The lowest BCUT2D eigenvalue weighted by molar-refractivity contribution is -0.166. The standard InChI is InChI=1S/C17H33NO4.3C2H6/c1-12-7-6-8-13(2)16(20)22-11-17(4,21)15(19)14(3)18(5)10-9-12;3*1-2/h12-15,19,21H,6-11H2,1-5H3;3*1-2H3/t12?,13?,14?,15?,17-;;;/m1.../s1. The van der Waals surface area contributed by atoms with Gasteiger partial charge in [-0.25, -0.2) is 0 Å². The van der Waals surface area contributed by atoms with Gasteiger partial charge < -0.3 is 19.8 Å². The van der Waals surface area contributed by atoms with Crippen LogP contribution in [0, 0.1) is 11.8 Å². The third-order valence-electron chi connectivity index (χ3n) is 5.01. The second-order valence-corrected chi connectivity index (χ2v) is 7.36. The monoisotopic (exact) mass is 405 g/mol. The minimum atomic E-state index is -1.45. The van der Waals surface area contributed by atoms with Crippen molar-refractivity contribution in [2.24, 2.45) is 11.8 Å². The molecule has 0 amide bonds. The van der Waals surface area contributed by atoms with Gasteiger partial charge in [-0.1, -0.05) is 68.2 Å². The van der Waals surface area contributed by atoms with Crippen LogP contribution in [-0.4, -0.2) is 59.0 Å². The minimum Gasteiger partial charge on any atom is -0.462 e. The van der Waals surface area contributed by atoms with Crippen molar-refractivity contribution >= 4 is 5.97 Å². The number of carbonyl (C=O) groups is 1. The first-order valence-corrected chi connectivity index (χ1v) is 11.4. The number of likely N-dealkylation sites (N-methyl/N-ethyl adjacent to an activating group) is 1. The van der Waals surface area contributed by atoms with Crippen molar-refractivity contribution in [2.45, 2.75) is 113 Å². The zero-order valence-electron chi connectivity index (χ0n) is 20.7. The normalized spacial score (nSPS) is 32.7. The van der Waals surface area contributed by atoms with Crippen molar-refractivity contribution in [2.75, 3.05) is 20.2 Å². The molecule has 172 valence electrons. The Labute approximate surface area is 175 Å². The third-order valence-corrected chi connectivity index (χ3v) is 5.01. The molecule has 0 spiro atoms. The molecule has 5 heteroatoms. The van der Waals surface area contributed by atoms with Gasteiger partial charge in [0.15, 0.2) is 0 Å². The van der Waals surface area contributed by atoms with Crippen molar-refractivity contribution in [1.29, 1.82) is 0 Å². The summed E-state index contributed by atoms with van der Waals surface area (Å²) in [6, 6.07) is -0.207. The van der Waals surface area contributed by atoms with Crippen molar-refractivity contribution < 1.29 is 19.7 Å². The number of carbonyl (C=O) groups excluding carboxylic acids is 1. The van der Waals surface area contributed by atoms with Gasteiger partial charge in [-0.3, -0.25) is 4.79 Å². The Bertz CT molecular complexity index is 361. The topological polar surface area (TPSA) is 70.0 Å². The van der Waals surface area contributed by atoms with Crippen LogP contribution >= 0.6 is 0 Å². The van der Waals surface area contributed by atoms with E-state index in [1.54, 1.807) is 0 Å². The fourth-order valence-corrected chi connectivity index (χ4v) is 2.87. The van der Waals surface area contributed by atoms with Crippen LogP contribution in [0.1, 0.15) is 94.9 Å². The summed E-state index contributed by atoms with van der Waals surface area (Å²) in [4.78, 5) is 14.0. The summed E-state index contributed by atoms with van der Waals surface area (Å²) in [6.45, 7) is 20.2. The molecule has 1 fully saturated rings. The van der Waals surface area contributed by atoms with Crippen molar-refractivity contribution in [3.8, 4) is 0 Å². The van der Waals surface area contributed by atoms with Crippen LogP contribution < -0.4 is 0 Å². The molecule has 1 heterocycles. The quantitative estimate of drug-likeness (QED) is 0.562. The fourth-order valence-electron chi connectivity index (χ4n) is 2.87. The molecule has 0 aromatic carbocycles. The van der Waals surface area contributed by atoms with Crippen LogP contribution in [0.3, 0.4) is 0 Å². The van der Waals surface area contributed by atoms with E-state index < -0.39 is 11.7 Å². The molecule has 5 atom stereocenters. The molecular formula is C23H51NO4. The van der Waals surface area contributed by atoms with Crippen molar-refractivity contribution in [3.05, 3.63) is 0 Å². The predicted octanol–water partition coefficient (Wildman–Crippen LogP) is 4.89. The number of aliphatic hydroxyl groups is 2. The average molecular weight is 406 g/mol. The second kappa shape index (κ2) is 18.4. The summed E-state index contributed by atoms with van der Waals surface area (Å²) >= 11 is 0. The van der Waals surface area contributed by atoms with Crippen LogP contribution in [0.4, 0.5) is 0 Å². The summed E-state index contributed by atoms with van der Waals surface area (Å²) in [5.74, 6) is 0.125. The first kappa shape index (κ1) is 32.0. The number of rotatable bonds is 0. The summed E-state index contributed by atoms with van der Waals surface area (Å²) < 4.78 is 5.23. The maximum absolute atomic E-state index is 12.0. The molecule has 4 unspecified atom stereocenters. The van der Waals surface area contributed by atoms with Crippen LogP contribution in [0.15, 0.2) is 0 Å². The first-order valence-electron chi connectivity index (χ1n) is 11.4. The van der Waals surface area contributed by atoms with E-state index in [1.807, 2.05) is 62.4 Å². The van der Waals surface area contributed by atoms with E-state index in [1.165, 1.54) is 6.92 Å². The maximum Gasteiger partial charge on any atom is 0.308 e. The third kappa shape index (κ3) is 12.7. The van der Waals surface area contributed by atoms with E-state index in [9.17, 15) is 15.0 Å². The molecule has 1 rings (SSSR count). The van der Waals surface area contributed by atoms with Crippen LogP contribution in [0.5, 0.6) is 0 Å². The van der Waals surface area contributed by atoms with E-state index in [-0.39, 0.29) is 24.5 Å². The van der Waals surface area contributed by atoms with Gasteiger partial charge in [-0.05, 0) is 46.2 Å². The number of hydrogen-bond acceptors (Lipinski definition) is 5. The van der Waals surface area contributed by atoms with Crippen LogP contribution in [0.25, 0.3) is 0 Å². The van der Waals surface area contributed by atoms with Gasteiger partial charge >= 0.3 is 5.97 Å². The molecule has 0 radical (unpaired) electrons. The lowest BCUT2D eigenvalue weighted by Gasteiger charge is -2.37. The lowest BCUT2D eigenvalue weighted by atomic mass is 9.92. The molecular weight excluding hydrogens is 354 g/mol. The highest BCUT2D eigenvalue weighted by Crippen LogP contribution is 2.22. The Kier molecular flexibility index (Phi) is 21.0. The van der Waals surface area contributed by atoms with E-state index >= 15 is 0 Å². The predicted molar refractivity (Wildman–Crippen MR) is 121 cm³/mol. The molecule has 0 aliphatic carbocycles. The Morgan fingerprint density at radius 3 is 2.00 bits per heavy atom. The maximum atomic E-state index is 12.0. The number of aliphatic hydroxyl groups excluding tert-OH is 1. The smallest absolute Gasteiger partial charge is 0.308 e. The average Bonchev–Trinajstić information content (AvgIpc) is 2.72. The summed E-state index contributed by atoms with van der Waals surface area (Å²) in [7, 11) is 1.95. The Hall–Kier alpha value is -0.650. The molecule has 0 aromatic rings. The van der Waals surface area contributed by atoms with Gasteiger partial charge in [0.1, 0.15) is 18.3 Å². The molecule has 2 N–H and O–H groups in total. The molecule has 5 nitrogen and oxygen atoms in total. The van der Waals surface area contributed by atoms with E-state index in [0.717, 1.165) is 32.2 Å². The molecule has 28 heavy (non-hydrogen) atoms. The number of ether oxygens (including phenoxy) is 1. The molecule has 1 saturated heterocycles. The van der Waals surface area contributed by atoms with Crippen molar-refractivity contribution in [3.63, 3.8) is 0 Å². The Balaban J connectivity index is -0.000000946. The minimum absolute atomic E-state index is 0.164. The molecule has 1 aliphatic heterocycles. The zero-order valence-corrected chi connectivity index (χ0v) is 20.7. The molecule has 1 aliphatic rings. The van der Waals surface area contributed by atoms with Crippen LogP contribution in [0.2, 0.25) is 0 Å². The summed E-state index contributed by atoms with van der Waals surface area (Å²) in [6.07, 6.45) is 2.99. The Morgan fingerprint density at radius 2 is 1.50 bits per heavy atom. The van der Waals surface area contributed by atoms with E-state index in [2.05, 4.69) is 11.8 Å². The SMILES string of the molecule is CC.CC.CC.CC1CCCC(C)C(=O)OC[C@@](C)(O)C(O)C(C)N(C)CC1. The number of cyclic esters (lactones) is 1. The second-order valence-electron chi connectivity index (χ2n) is 7.36. The van der Waals surface area contributed by atoms with Crippen molar-refractivity contribution in [1.82, 2.24) is 4.90 Å². The van der Waals surface area contributed by atoms with Gasteiger partial charge in [0, 0.05) is 6.04 Å². The first-order chi connectivity index (χ1) is 13.1. The van der Waals surface area contributed by atoms with E-state index in [4.69, 9.17) is 4.74 Å². The van der Waals surface area contributed by atoms with Gasteiger partial charge in [0.2, 0.25) is 0 Å². The van der Waals surface area contributed by atoms with E-state index in [0.29, 0.717) is 5.92 Å². The van der Waals surface area contributed by atoms with Gasteiger partial charge in [-0.2, -0.15) is 0 Å². The highest BCUT2D eigenvalue weighted by molar-refractivity contribution is 5.71. The number of hydrogen-bond donors (Lipinski definition) is 2. The molecule has 0 saturated carbocycles. The van der Waals surface area contributed by atoms with Gasteiger partial charge in [0.25, 0.3) is 0 Å². The summed E-state index contributed by atoms with van der Waals surface area (Å²) in [5, 5.41) is 20.9. The fraction of sp³-hybridized carbons (Fsp3) is 0.957. The highest BCUT2D eigenvalue weighted by atomic mass is 16.5. The van der Waals surface area contributed by atoms with Gasteiger partial charge in [0.05, 0.1) is 5.92 Å². The molecule has 0 bridgehead atoms. The lowest BCUT2D eigenvalue weighted by Crippen LogP contribution is -2.54.